The molecule has 5 aromatic heterocycles. The number of rotatable bonds is 36. The number of amides is 7. The molecule has 0 aromatic carbocycles. The number of H-pyrrole nitrogens is 5. The van der Waals surface area contributed by atoms with Crippen LogP contribution in [-0.4, -0.2) is 267 Å². The molecule has 0 unspecified atom stereocenters. The third-order valence-electron chi connectivity index (χ3n) is 22.5. The number of nitrogens with zero attached hydrogens (tertiary/aromatic N) is 10. The number of unbranched alkanes of at least 4 members (excludes halogenated alkanes) is 2. The van der Waals surface area contributed by atoms with E-state index in [-0.39, 0.29) is 153 Å². The predicted octanol–water partition coefficient (Wildman–Crippen LogP) is -8.51. The Bertz CT molecular complexity index is 4990. The lowest BCUT2D eigenvalue weighted by atomic mass is 10.1. The van der Waals surface area contributed by atoms with Gasteiger partial charge in [0.25, 0.3) is 27.8 Å². The Labute approximate surface area is 651 Å². The van der Waals surface area contributed by atoms with E-state index in [1.54, 1.807) is 40.4 Å². The zero-order valence-electron chi connectivity index (χ0n) is 64.8. The van der Waals surface area contributed by atoms with E-state index in [1.165, 1.54) is 67.7 Å². The molecule has 5 aliphatic heterocycles. The summed E-state index contributed by atoms with van der Waals surface area (Å²) >= 11 is 0. The molecule has 5 aromatic rings. The van der Waals surface area contributed by atoms with Crippen LogP contribution >= 0.6 is 0 Å². The highest BCUT2D eigenvalue weighted by atomic mass is 16.2. The lowest BCUT2D eigenvalue weighted by Gasteiger charge is -2.28. The number of nitrogens with two attached hydrogens (primary N) is 4. The van der Waals surface area contributed by atoms with Crippen LogP contribution in [0.25, 0.3) is 0 Å². The number of aromatic nitrogens is 10. The molecule has 5 saturated heterocycles. The van der Waals surface area contributed by atoms with Crippen molar-refractivity contribution in [1.82, 2.24) is 104 Å². The van der Waals surface area contributed by atoms with Crippen LogP contribution in [-0.2, 0) is 33.6 Å². The molecule has 0 aliphatic carbocycles. The highest BCUT2D eigenvalue weighted by Gasteiger charge is 2.42. The smallest absolute Gasteiger partial charge is 0.328 e. The molecule has 0 spiro atoms. The number of aryl methyl sites for hydroxylation is 5. The van der Waals surface area contributed by atoms with E-state index in [4.69, 9.17) is 22.9 Å². The normalized spacial score (nSPS) is 22.7. The first kappa shape index (κ1) is 85.8. The van der Waals surface area contributed by atoms with Gasteiger partial charge < -0.3 is 54.8 Å². The van der Waals surface area contributed by atoms with Gasteiger partial charge in [-0.05, 0) is 112 Å². The van der Waals surface area contributed by atoms with Crippen molar-refractivity contribution in [2.45, 2.75) is 178 Å². The Kier molecular flexibility index (Phi) is 28.9. The molecule has 42 nitrogen and oxygen atoms in total. The van der Waals surface area contributed by atoms with Crippen LogP contribution in [0.5, 0.6) is 0 Å². The maximum absolute atomic E-state index is 14.5. The molecule has 7 amide bonds. The molecule has 622 valence electrons. The molecule has 114 heavy (non-hydrogen) atoms. The van der Waals surface area contributed by atoms with Crippen molar-refractivity contribution >= 4 is 41.4 Å². The molecule has 0 radical (unpaired) electrons. The minimum Gasteiger partial charge on any atom is -0.368 e. The van der Waals surface area contributed by atoms with E-state index in [0.717, 1.165) is 0 Å². The van der Waals surface area contributed by atoms with E-state index in [0.29, 0.717) is 57.2 Å². The third kappa shape index (κ3) is 21.8. The molecule has 19 N–H and O–H groups in total. The number of likely N-dealkylation sites (tertiary alicyclic amines) is 5. The number of hydrogen-bond donors (Lipinski definition) is 15. The summed E-state index contributed by atoms with van der Waals surface area (Å²) in [5.74, 6) is -3.60. The van der Waals surface area contributed by atoms with Crippen LogP contribution in [0, 0.1) is 34.6 Å². The zero-order valence-corrected chi connectivity index (χ0v) is 64.8. The van der Waals surface area contributed by atoms with Crippen LogP contribution < -0.4 is 111 Å². The van der Waals surface area contributed by atoms with Crippen molar-refractivity contribution in [3.63, 3.8) is 0 Å². The Morgan fingerprint density at radius 2 is 0.605 bits per heavy atom. The van der Waals surface area contributed by atoms with Gasteiger partial charge in [0, 0.05) is 154 Å². The van der Waals surface area contributed by atoms with Crippen LogP contribution in [0.1, 0.15) is 129 Å². The number of carbonyl (C=O) groups excluding carboxylic acids is 7. The van der Waals surface area contributed by atoms with Gasteiger partial charge in [0.15, 0.2) is 0 Å². The average Bonchev–Trinajstić information content (AvgIpc) is 1.44. The summed E-state index contributed by atoms with van der Waals surface area (Å²) in [5, 5.41) is 17.6. The minimum atomic E-state index is -0.983. The van der Waals surface area contributed by atoms with Crippen molar-refractivity contribution < 1.29 is 33.6 Å². The zero-order chi connectivity index (χ0) is 82.5. The first-order valence-electron chi connectivity index (χ1n) is 38.6. The molecule has 12 atom stereocenters. The summed E-state index contributed by atoms with van der Waals surface area (Å²) in [6.07, 6.45) is 11.5. The van der Waals surface area contributed by atoms with E-state index >= 15 is 0 Å². The Morgan fingerprint density at radius 1 is 0.368 bits per heavy atom. The van der Waals surface area contributed by atoms with Gasteiger partial charge >= 0.3 is 28.4 Å². The van der Waals surface area contributed by atoms with E-state index < -0.39 is 170 Å². The van der Waals surface area contributed by atoms with Gasteiger partial charge in [-0.25, -0.2) is 24.0 Å². The molecule has 0 bridgehead atoms. The maximum Gasteiger partial charge on any atom is 0.328 e. The Hall–Kier alpha value is -10.6. The van der Waals surface area contributed by atoms with Crippen LogP contribution in [0.4, 0.5) is 0 Å². The monoisotopic (exact) mass is 1590 g/mol. The number of carbonyl (C=O) groups is 7. The Balaban J connectivity index is 0.818. The predicted molar refractivity (Wildman–Crippen MR) is 415 cm³/mol. The van der Waals surface area contributed by atoms with Crippen molar-refractivity contribution in [1.29, 1.82) is 0 Å². The summed E-state index contributed by atoms with van der Waals surface area (Å²) in [6, 6.07) is -7.53. The summed E-state index contributed by atoms with van der Waals surface area (Å²) in [6.45, 7) is 7.77. The molecule has 10 rings (SSSR count). The fourth-order valence-electron chi connectivity index (χ4n) is 16.2. The second kappa shape index (κ2) is 38.5. The van der Waals surface area contributed by atoms with Gasteiger partial charge in [-0.3, -0.25) is 130 Å². The van der Waals surface area contributed by atoms with Crippen LogP contribution in [0.3, 0.4) is 0 Å². The van der Waals surface area contributed by atoms with Crippen molar-refractivity contribution in [2.24, 2.45) is 22.9 Å². The highest BCUT2D eigenvalue weighted by Crippen LogP contribution is 2.31. The number of aromatic amines is 5. The fraction of sp³-hybridized carbons (Fsp3) is 0.625. The summed E-state index contributed by atoms with van der Waals surface area (Å²) < 4.78 is 6.89. The van der Waals surface area contributed by atoms with Crippen molar-refractivity contribution in [2.75, 3.05) is 111 Å². The fourth-order valence-corrected chi connectivity index (χ4v) is 16.2. The number of nitrogens with one attached hydrogen (secondary N) is 11. The van der Waals surface area contributed by atoms with Gasteiger partial charge in [0.2, 0.25) is 41.4 Å². The number of hydrogen-bond acceptors (Lipinski definition) is 25. The number of primary amides is 1. The maximum atomic E-state index is 14.5. The van der Waals surface area contributed by atoms with Gasteiger partial charge in [0.1, 0.15) is 6.04 Å². The van der Waals surface area contributed by atoms with E-state index in [9.17, 15) is 81.5 Å². The lowest BCUT2D eigenvalue weighted by molar-refractivity contribution is -0.128. The van der Waals surface area contributed by atoms with E-state index in [1.807, 2.05) is 4.90 Å². The second-order valence-electron chi connectivity index (χ2n) is 30.9. The molecule has 10 heterocycles. The first-order chi connectivity index (χ1) is 54.2. The summed E-state index contributed by atoms with van der Waals surface area (Å²) in [4.78, 5) is 246. The molecular formula is C72H107N25O17. The topological polar surface area (TPSA) is 586 Å². The molecular weight excluding hydrogens is 1490 g/mol. The van der Waals surface area contributed by atoms with Gasteiger partial charge in [-0.15, -0.1) is 0 Å². The minimum absolute atomic E-state index is 0.0263. The summed E-state index contributed by atoms with van der Waals surface area (Å²) in [5.41, 5.74) is 18.2. The highest BCUT2D eigenvalue weighted by molar-refractivity contribution is 5.87. The molecule has 42 heteroatoms. The lowest BCUT2D eigenvalue weighted by Crippen LogP contribution is -2.51. The van der Waals surface area contributed by atoms with Gasteiger partial charge in [-0.1, -0.05) is 6.42 Å². The third-order valence-corrected chi connectivity index (χ3v) is 22.5. The van der Waals surface area contributed by atoms with Gasteiger partial charge in [0.05, 0.1) is 69.0 Å². The standard InChI is InChI=1S/C72H107N25O17/c1-39-24-93(68(110)83-62(39)104)49-14-44(19-77-57(99)35-89-30-51(95-26-41(3)64(106)85-70(95)112)16-46(89)21-79-59(101)37-91-32-53(97-28-43(5)66(108)87-72(97)114)18-48(91)23-81-67(109)54(75)10-6-8-12-73)88(29-49)34-56(98)78-20-45-15-50(94-25-40(2)63(105)84-69(94)111)31-90(45)36-58(100)80-22-47-17-52(96-27-42(4)65(107)86-71(96)113)33-92(47)38-60(102)82-55(61(76)103)11-7-9-13-74/h24-28,44-55H,6-23,29-38,73-75H2,1-5H3,(H2,76,103)(H,77,99)(H,78,98)(H,79,101)(H,80,100)(H,81,109)(H,82,102)(H,83,104,110)(H,84,105,111)(H,85,106,112)(H,86,107,113)(H,87,108,114)/t44-,45-,46-,47-,48-,49-,50-,51-,52-,53-,54+,55+/m1/s1. The summed E-state index contributed by atoms with van der Waals surface area (Å²) in [7, 11) is 0. The largest absolute Gasteiger partial charge is 0.368 e. The first-order valence-corrected chi connectivity index (χ1v) is 38.6. The molecule has 5 aliphatic rings. The van der Waals surface area contributed by atoms with Crippen molar-refractivity contribution in [3.05, 3.63) is 163 Å². The SMILES string of the molecule is Cc1cn([C@@H]2C[C@H](CNC(=O)CN3C[C@H](n4cc(C)c(=O)[nH]c4=O)C[C@@H]3CNC(=O)CN3C[C@H](n4cc(C)c(=O)[nH]c4=O)C[C@@H]3CNC(=O)[C@@H](N)CCCCN)N(CC(=O)NC[C@H]3C[C@@H](n4cc(C)c(=O)[nH]c4=O)CN3CC(=O)NC[C@H]3C[C@@H](n4cc(C)c(=O)[nH]c4=O)CN3CC(=O)N[C@@H](CCCCN)C(N)=O)C2)c(=O)[nH]c1=O. The van der Waals surface area contributed by atoms with Crippen molar-refractivity contribution in [3.8, 4) is 0 Å². The van der Waals surface area contributed by atoms with Gasteiger partial charge in [-0.2, -0.15) is 0 Å². The average molecular weight is 1590 g/mol. The van der Waals surface area contributed by atoms with Crippen LogP contribution in [0.2, 0.25) is 0 Å². The molecule has 0 saturated carbocycles. The van der Waals surface area contributed by atoms with Crippen LogP contribution in [0.15, 0.2) is 78.9 Å². The quantitative estimate of drug-likeness (QED) is 0.0166. The Morgan fingerprint density at radius 3 is 0.851 bits per heavy atom. The second-order valence-corrected chi connectivity index (χ2v) is 30.9. The molecule has 5 fully saturated rings. The van der Waals surface area contributed by atoms with E-state index in [2.05, 4.69) is 56.8 Å².